The van der Waals surface area contributed by atoms with Crippen molar-refractivity contribution in [3.8, 4) is 0 Å². The summed E-state index contributed by atoms with van der Waals surface area (Å²) in [7, 11) is 0. The van der Waals surface area contributed by atoms with Crippen LogP contribution in [-0.2, 0) is 14.3 Å². The van der Waals surface area contributed by atoms with E-state index >= 15 is 0 Å². The molecule has 1 N–H and O–H groups in total. The Morgan fingerprint density at radius 2 is 1.85 bits per heavy atom. The fourth-order valence-corrected chi connectivity index (χ4v) is 5.31. The van der Waals surface area contributed by atoms with Gasteiger partial charge in [-0.2, -0.15) is 0 Å². The summed E-state index contributed by atoms with van der Waals surface area (Å²) in [6, 6.07) is 23.4. The van der Waals surface area contributed by atoms with Gasteiger partial charge in [0.05, 0.1) is 18.3 Å². The van der Waals surface area contributed by atoms with Gasteiger partial charge in [0.1, 0.15) is 5.25 Å². The van der Waals surface area contributed by atoms with Gasteiger partial charge in [0.2, 0.25) is 11.8 Å². The zero-order chi connectivity index (χ0) is 22.6. The van der Waals surface area contributed by atoms with E-state index in [0.717, 1.165) is 41.6 Å². The van der Waals surface area contributed by atoms with Crippen molar-refractivity contribution < 1.29 is 14.3 Å². The van der Waals surface area contributed by atoms with E-state index in [1.807, 2.05) is 72.8 Å². The highest BCUT2D eigenvalue weighted by Crippen LogP contribution is 2.33. The van der Waals surface area contributed by atoms with Gasteiger partial charge in [-0.1, -0.05) is 60.3 Å². The molecule has 7 heteroatoms. The molecule has 0 aliphatic carbocycles. The molecule has 2 atom stereocenters. The molecule has 2 saturated heterocycles. The highest BCUT2D eigenvalue weighted by Gasteiger charge is 2.40. The standard InChI is InChI=1S/C26H25N3O3S/c30-24(27-21-13-12-18-7-4-5-8-19(18)15-21)16-23-25(31)29(17-22-11-6-14-32-22)26(33-23)28-20-9-2-1-3-10-20/h1-5,7-10,12-13,15,22-23H,6,11,14,16-17H2,(H,27,30). The number of aliphatic imine (C=N–C) groups is 1. The predicted octanol–water partition coefficient (Wildman–Crippen LogP) is 4.98. The van der Waals surface area contributed by atoms with Crippen molar-refractivity contribution in [2.24, 2.45) is 4.99 Å². The summed E-state index contributed by atoms with van der Waals surface area (Å²) in [5.74, 6) is -0.270. The summed E-state index contributed by atoms with van der Waals surface area (Å²) in [6.45, 7) is 1.20. The molecule has 33 heavy (non-hydrogen) atoms. The number of amides is 2. The summed E-state index contributed by atoms with van der Waals surface area (Å²) in [5.41, 5.74) is 1.51. The molecule has 2 aliphatic heterocycles. The lowest BCUT2D eigenvalue weighted by Gasteiger charge is -2.20. The van der Waals surface area contributed by atoms with Crippen LogP contribution in [0.4, 0.5) is 11.4 Å². The maximum Gasteiger partial charge on any atom is 0.242 e. The molecule has 2 fully saturated rings. The number of benzene rings is 3. The van der Waals surface area contributed by atoms with Gasteiger partial charge in [-0.25, -0.2) is 4.99 Å². The minimum atomic E-state index is -0.505. The highest BCUT2D eigenvalue weighted by atomic mass is 32.2. The molecule has 0 bridgehead atoms. The lowest BCUT2D eigenvalue weighted by Crippen LogP contribution is -2.38. The lowest BCUT2D eigenvalue weighted by molar-refractivity contribution is -0.129. The van der Waals surface area contributed by atoms with Crippen LogP contribution in [0.5, 0.6) is 0 Å². The second-order valence-corrected chi connectivity index (χ2v) is 9.40. The minimum absolute atomic E-state index is 0.0145. The monoisotopic (exact) mass is 459 g/mol. The Morgan fingerprint density at radius 1 is 1.06 bits per heavy atom. The summed E-state index contributed by atoms with van der Waals surface area (Å²) >= 11 is 1.36. The first-order chi connectivity index (χ1) is 16.2. The number of rotatable bonds is 6. The Bertz CT molecular complexity index is 1190. The largest absolute Gasteiger partial charge is 0.376 e. The van der Waals surface area contributed by atoms with Crippen LogP contribution in [0.3, 0.4) is 0 Å². The third-order valence-electron chi connectivity index (χ3n) is 5.82. The quantitative estimate of drug-likeness (QED) is 0.564. The van der Waals surface area contributed by atoms with Gasteiger partial charge < -0.3 is 10.1 Å². The predicted molar refractivity (Wildman–Crippen MR) is 133 cm³/mol. The van der Waals surface area contributed by atoms with E-state index in [0.29, 0.717) is 11.7 Å². The van der Waals surface area contributed by atoms with Gasteiger partial charge in [-0.05, 0) is 47.9 Å². The molecule has 2 heterocycles. The number of nitrogens with one attached hydrogen (secondary N) is 1. The summed E-state index contributed by atoms with van der Waals surface area (Å²) in [5, 5.41) is 5.24. The van der Waals surface area contributed by atoms with Crippen molar-refractivity contribution in [2.45, 2.75) is 30.6 Å². The second kappa shape index (κ2) is 9.77. The van der Waals surface area contributed by atoms with Crippen LogP contribution in [0.1, 0.15) is 19.3 Å². The number of hydrogen-bond acceptors (Lipinski definition) is 5. The van der Waals surface area contributed by atoms with Crippen LogP contribution in [-0.4, -0.2) is 46.4 Å². The Kier molecular flexibility index (Phi) is 6.41. The van der Waals surface area contributed by atoms with E-state index < -0.39 is 5.25 Å². The van der Waals surface area contributed by atoms with E-state index in [-0.39, 0.29) is 24.3 Å². The van der Waals surface area contributed by atoms with Crippen LogP contribution in [0.25, 0.3) is 10.8 Å². The first-order valence-electron chi connectivity index (χ1n) is 11.2. The van der Waals surface area contributed by atoms with Crippen LogP contribution in [0.15, 0.2) is 77.8 Å². The SMILES string of the molecule is O=C(CC1SC(=Nc2ccccc2)N(CC2CCCO2)C1=O)Nc1ccc2ccccc2c1. The molecule has 6 nitrogen and oxygen atoms in total. The number of amidine groups is 1. The first kappa shape index (κ1) is 21.7. The molecular weight excluding hydrogens is 434 g/mol. The Morgan fingerprint density at radius 3 is 2.64 bits per heavy atom. The molecule has 0 spiro atoms. The van der Waals surface area contributed by atoms with Crippen molar-refractivity contribution in [2.75, 3.05) is 18.5 Å². The fraction of sp³-hybridized carbons (Fsp3) is 0.269. The van der Waals surface area contributed by atoms with E-state index in [1.165, 1.54) is 11.8 Å². The number of nitrogens with zero attached hydrogens (tertiary/aromatic N) is 2. The summed E-state index contributed by atoms with van der Waals surface area (Å²) in [6.07, 6.45) is 2.04. The molecule has 2 amide bonds. The average Bonchev–Trinajstić information content (AvgIpc) is 3.44. The molecule has 0 aromatic heterocycles. The van der Waals surface area contributed by atoms with E-state index in [9.17, 15) is 9.59 Å². The number of carbonyl (C=O) groups is 2. The van der Waals surface area contributed by atoms with Gasteiger partial charge in [0, 0.05) is 18.7 Å². The molecule has 2 unspecified atom stereocenters. The van der Waals surface area contributed by atoms with Crippen molar-refractivity contribution in [1.29, 1.82) is 0 Å². The number of ether oxygens (including phenoxy) is 1. The number of para-hydroxylation sites is 1. The summed E-state index contributed by atoms with van der Waals surface area (Å²) in [4.78, 5) is 32.5. The third-order valence-corrected chi connectivity index (χ3v) is 6.99. The van der Waals surface area contributed by atoms with Crippen molar-refractivity contribution >= 4 is 50.9 Å². The molecule has 3 aromatic rings. The number of fused-ring (bicyclic) bond motifs is 1. The van der Waals surface area contributed by atoms with Gasteiger partial charge in [-0.15, -0.1) is 0 Å². The van der Waals surface area contributed by atoms with E-state index in [4.69, 9.17) is 9.73 Å². The van der Waals surface area contributed by atoms with Gasteiger partial charge in [0.15, 0.2) is 5.17 Å². The van der Waals surface area contributed by atoms with Crippen molar-refractivity contribution in [3.63, 3.8) is 0 Å². The molecule has 0 saturated carbocycles. The van der Waals surface area contributed by atoms with Crippen LogP contribution < -0.4 is 5.32 Å². The average molecular weight is 460 g/mol. The molecular formula is C26H25N3O3S. The second-order valence-electron chi connectivity index (χ2n) is 8.23. The lowest BCUT2D eigenvalue weighted by atomic mass is 10.1. The Labute approximate surface area is 197 Å². The number of anilines is 1. The van der Waals surface area contributed by atoms with Crippen molar-refractivity contribution in [1.82, 2.24) is 4.90 Å². The van der Waals surface area contributed by atoms with Gasteiger partial charge in [0.25, 0.3) is 0 Å². The molecule has 5 rings (SSSR count). The smallest absolute Gasteiger partial charge is 0.242 e. The minimum Gasteiger partial charge on any atom is -0.376 e. The zero-order valence-corrected chi connectivity index (χ0v) is 19.0. The maximum atomic E-state index is 13.2. The zero-order valence-electron chi connectivity index (χ0n) is 18.1. The fourth-order valence-electron chi connectivity index (χ4n) is 4.15. The van der Waals surface area contributed by atoms with Crippen LogP contribution in [0.2, 0.25) is 0 Å². The van der Waals surface area contributed by atoms with Crippen LogP contribution >= 0.6 is 11.8 Å². The molecule has 0 radical (unpaired) electrons. The van der Waals surface area contributed by atoms with Gasteiger partial charge in [-0.3, -0.25) is 14.5 Å². The molecule has 168 valence electrons. The number of carbonyl (C=O) groups excluding carboxylic acids is 2. The van der Waals surface area contributed by atoms with Crippen LogP contribution in [0, 0.1) is 0 Å². The maximum absolute atomic E-state index is 13.2. The van der Waals surface area contributed by atoms with E-state index in [2.05, 4.69) is 5.32 Å². The first-order valence-corrected chi connectivity index (χ1v) is 12.1. The Hall–Kier alpha value is -3.16. The van der Waals surface area contributed by atoms with E-state index in [1.54, 1.807) is 4.90 Å². The molecule has 3 aromatic carbocycles. The summed E-state index contributed by atoms with van der Waals surface area (Å²) < 4.78 is 5.75. The number of thioether (sulfide) groups is 1. The topological polar surface area (TPSA) is 71.0 Å². The van der Waals surface area contributed by atoms with Crippen molar-refractivity contribution in [3.05, 3.63) is 72.8 Å². The normalized spacial score (nSPS) is 21.8. The molecule has 2 aliphatic rings. The highest BCUT2D eigenvalue weighted by molar-refractivity contribution is 8.15. The Balaban J connectivity index is 1.30. The third kappa shape index (κ3) is 5.10. The van der Waals surface area contributed by atoms with Gasteiger partial charge >= 0.3 is 0 Å². The number of hydrogen-bond donors (Lipinski definition) is 1.